The van der Waals surface area contributed by atoms with Crippen molar-refractivity contribution < 1.29 is 14.5 Å². The summed E-state index contributed by atoms with van der Waals surface area (Å²) in [5, 5.41) is 13.4. The quantitative estimate of drug-likeness (QED) is 0.663. The number of carbonyl (C=O) groups is 2. The molecule has 114 valence electrons. The number of hydrogen-bond acceptors (Lipinski definition) is 6. The summed E-state index contributed by atoms with van der Waals surface area (Å²) >= 11 is 1.31. The molecular formula is C13H12N4O4S. The van der Waals surface area contributed by atoms with Crippen molar-refractivity contribution in [2.45, 2.75) is 11.7 Å². The van der Waals surface area contributed by atoms with Crippen molar-refractivity contribution in [1.82, 2.24) is 4.90 Å². The van der Waals surface area contributed by atoms with E-state index in [1.165, 1.54) is 36.0 Å². The predicted molar refractivity (Wildman–Crippen MR) is 81.7 cm³/mol. The molecule has 2 aliphatic heterocycles. The molecule has 2 amide bonds. The number of nitro benzene ring substituents is 1. The number of rotatable bonds is 4. The Kier molecular flexibility index (Phi) is 3.80. The van der Waals surface area contributed by atoms with Crippen molar-refractivity contribution in [3.05, 3.63) is 34.4 Å². The largest absolute Gasteiger partial charge is 0.326 e. The molecular weight excluding hydrogens is 308 g/mol. The maximum atomic E-state index is 12.1. The normalized spacial score (nSPS) is 19.8. The number of thioether (sulfide) groups is 1. The average Bonchev–Trinajstić information content (AvgIpc) is 3.04. The van der Waals surface area contributed by atoms with E-state index in [4.69, 9.17) is 0 Å². The Morgan fingerprint density at radius 3 is 2.82 bits per heavy atom. The molecule has 22 heavy (non-hydrogen) atoms. The second kappa shape index (κ2) is 5.76. The number of hydrogen-bond donors (Lipinski definition) is 1. The van der Waals surface area contributed by atoms with Crippen LogP contribution in [0.4, 0.5) is 11.4 Å². The Morgan fingerprint density at radius 1 is 1.45 bits per heavy atom. The van der Waals surface area contributed by atoms with Gasteiger partial charge in [0.2, 0.25) is 11.8 Å². The Morgan fingerprint density at radius 2 is 2.18 bits per heavy atom. The number of benzene rings is 1. The summed E-state index contributed by atoms with van der Waals surface area (Å²) in [5.74, 6) is -0.387. The van der Waals surface area contributed by atoms with Gasteiger partial charge in [-0.3, -0.25) is 29.6 Å². The molecule has 1 aromatic carbocycles. The number of nitro groups is 1. The number of nitrogens with zero attached hydrogens (tertiary/aromatic N) is 3. The van der Waals surface area contributed by atoms with E-state index in [2.05, 4.69) is 10.3 Å². The monoisotopic (exact) mass is 320 g/mol. The highest BCUT2D eigenvalue weighted by Gasteiger charge is 2.40. The number of amidine groups is 1. The predicted octanol–water partition coefficient (Wildman–Crippen LogP) is 1.24. The highest BCUT2D eigenvalue weighted by molar-refractivity contribution is 8.15. The van der Waals surface area contributed by atoms with Gasteiger partial charge >= 0.3 is 0 Å². The first kappa shape index (κ1) is 14.5. The van der Waals surface area contributed by atoms with Gasteiger partial charge < -0.3 is 5.32 Å². The third-order valence-electron chi connectivity index (χ3n) is 3.32. The lowest BCUT2D eigenvalue weighted by atomic mass is 10.2. The molecule has 1 atom stereocenters. The maximum absolute atomic E-state index is 12.1. The van der Waals surface area contributed by atoms with Crippen LogP contribution in [0.15, 0.2) is 29.3 Å². The van der Waals surface area contributed by atoms with Gasteiger partial charge in [-0.2, -0.15) is 0 Å². The van der Waals surface area contributed by atoms with Crippen molar-refractivity contribution >= 4 is 40.1 Å². The molecule has 1 N–H and O–H groups in total. The fourth-order valence-corrected chi connectivity index (χ4v) is 3.45. The van der Waals surface area contributed by atoms with Crippen LogP contribution in [-0.2, 0) is 9.59 Å². The van der Waals surface area contributed by atoms with Crippen molar-refractivity contribution in [3.63, 3.8) is 0 Å². The summed E-state index contributed by atoms with van der Waals surface area (Å²) in [7, 11) is 0. The second-order valence-electron chi connectivity index (χ2n) is 4.82. The van der Waals surface area contributed by atoms with Crippen LogP contribution in [0.25, 0.3) is 0 Å². The summed E-state index contributed by atoms with van der Waals surface area (Å²) < 4.78 is 0. The minimum atomic E-state index is -0.507. The number of anilines is 1. The van der Waals surface area contributed by atoms with Crippen LogP contribution in [0.3, 0.4) is 0 Å². The molecule has 1 fully saturated rings. The molecule has 3 rings (SSSR count). The topological polar surface area (TPSA) is 105 Å². The molecule has 0 aromatic heterocycles. The second-order valence-corrected chi connectivity index (χ2v) is 5.99. The summed E-state index contributed by atoms with van der Waals surface area (Å²) in [6.07, 6.45) is 0.0516. The van der Waals surface area contributed by atoms with E-state index in [9.17, 15) is 19.7 Å². The van der Waals surface area contributed by atoms with E-state index in [1.807, 2.05) is 0 Å². The number of carbonyl (C=O) groups excluding carboxylic acids is 2. The highest BCUT2D eigenvalue weighted by atomic mass is 32.2. The molecule has 0 radical (unpaired) electrons. The van der Waals surface area contributed by atoms with Crippen molar-refractivity contribution in [1.29, 1.82) is 0 Å². The molecule has 1 saturated heterocycles. The summed E-state index contributed by atoms with van der Waals surface area (Å²) in [4.78, 5) is 39.9. The first-order chi connectivity index (χ1) is 10.5. The van der Waals surface area contributed by atoms with Crippen LogP contribution in [-0.4, -0.2) is 45.1 Å². The Hall–Kier alpha value is -2.42. The number of aliphatic imine (C=N–C) groups is 1. The van der Waals surface area contributed by atoms with E-state index in [1.54, 1.807) is 4.90 Å². The minimum Gasteiger partial charge on any atom is -0.326 e. The zero-order valence-corrected chi connectivity index (χ0v) is 12.2. The van der Waals surface area contributed by atoms with E-state index < -0.39 is 10.2 Å². The van der Waals surface area contributed by atoms with E-state index in [0.717, 1.165) is 0 Å². The van der Waals surface area contributed by atoms with Crippen LogP contribution in [0.2, 0.25) is 0 Å². The lowest BCUT2D eigenvalue weighted by Gasteiger charge is -2.10. The first-order valence-electron chi connectivity index (χ1n) is 6.61. The molecule has 1 unspecified atom stereocenters. The van der Waals surface area contributed by atoms with Crippen molar-refractivity contribution in [2.24, 2.45) is 4.99 Å². The van der Waals surface area contributed by atoms with Gasteiger partial charge in [-0.15, -0.1) is 0 Å². The average molecular weight is 320 g/mol. The van der Waals surface area contributed by atoms with Gasteiger partial charge in [0.15, 0.2) is 5.17 Å². The van der Waals surface area contributed by atoms with Crippen LogP contribution in [0.1, 0.15) is 6.42 Å². The van der Waals surface area contributed by atoms with Gasteiger partial charge in [-0.05, 0) is 12.1 Å². The highest BCUT2D eigenvalue weighted by Crippen LogP contribution is 2.31. The van der Waals surface area contributed by atoms with Crippen molar-refractivity contribution in [2.75, 3.05) is 18.4 Å². The minimum absolute atomic E-state index is 0.0434. The van der Waals surface area contributed by atoms with Gasteiger partial charge in [0.05, 0.1) is 11.5 Å². The lowest BCUT2D eigenvalue weighted by Crippen LogP contribution is -2.32. The maximum Gasteiger partial charge on any atom is 0.269 e. The van der Waals surface area contributed by atoms with Gasteiger partial charge in [-0.1, -0.05) is 11.8 Å². The smallest absolute Gasteiger partial charge is 0.269 e. The van der Waals surface area contributed by atoms with Crippen LogP contribution >= 0.6 is 11.8 Å². The first-order valence-corrected chi connectivity index (χ1v) is 7.49. The molecule has 0 bridgehead atoms. The molecule has 9 heteroatoms. The molecule has 1 aromatic rings. The number of fused-ring (bicyclic) bond motifs is 1. The van der Waals surface area contributed by atoms with E-state index >= 15 is 0 Å². The molecule has 0 aliphatic carbocycles. The molecule has 8 nitrogen and oxygen atoms in total. The molecule has 2 aliphatic rings. The van der Waals surface area contributed by atoms with Crippen LogP contribution in [0, 0.1) is 10.1 Å². The van der Waals surface area contributed by atoms with Crippen LogP contribution in [0.5, 0.6) is 0 Å². The lowest BCUT2D eigenvalue weighted by molar-refractivity contribution is -0.384. The zero-order valence-electron chi connectivity index (χ0n) is 11.4. The van der Waals surface area contributed by atoms with Crippen molar-refractivity contribution in [3.8, 4) is 0 Å². The fourth-order valence-electron chi connectivity index (χ4n) is 2.26. The summed E-state index contributed by atoms with van der Waals surface area (Å²) in [6.45, 7) is 1.21. The molecule has 0 saturated carbocycles. The van der Waals surface area contributed by atoms with E-state index in [0.29, 0.717) is 23.9 Å². The van der Waals surface area contributed by atoms with Gasteiger partial charge in [-0.25, -0.2) is 0 Å². The van der Waals surface area contributed by atoms with Gasteiger partial charge in [0.25, 0.3) is 5.69 Å². The summed E-state index contributed by atoms with van der Waals surface area (Å²) in [6, 6.07) is 5.55. The van der Waals surface area contributed by atoms with Gasteiger partial charge in [0.1, 0.15) is 5.25 Å². The standard InChI is InChI=1S/C13H12N4O4S/c18-11(15-8-1-3-9(4-2-8)17(20)21)7-10-12(19)16-6-5-14-13(16)22-10/h1-4,10H,5-7H2,(H,15,18). The summed E-state index contributed by atoms with van der Waals surface area (Å²) in [5.41, 5.74) is 0.419. The number of non-ortho nitro benzene ring substituents is 1. The third kappa shape index (κ3) is 2.80. The molecule has 2 heterocycles. The zero-order chi connectivity index (χ0) is 15.7. The SMILES string of the molecule is O=C(CC1SC2=NCCN2C1=O)Nc1ccc([N+](=O)[O-])cc1. The number of nitrogens with one attached hydrogen (secondary N) is 1. The molecule has 0 spiro atoms. The Balaban J connectivity index is 1.59. The van der Waals surface area contributed by atoms with Crippen LogP contribution < -0.4 is 5.32 Å². The third-order valence-corrected chi connectivity index (χ3v) is 4.54. The Bertz CT molecular complexity index is 673. The Labute approximate surface area is 129 Å². The number of amides is 2. The van der Waals surface area contributed by atoms with E-state index in [-0.39, 0.29) is 23.9 Å². The van der Waals surface area contributed by atoms with Gasteiger partial charge in [0, 0.05) is 30.8 Å². The fraction of sp³-hybridized carbons (Fsp3) is 0.308.